The van der Waals surface area contributed by atoms with Gasteiger partial charge >= 0.3 is 0 Å². The number of hydrogen-bond acceptors (Lipinski definition) is 2. The molecule has 0 saturated heterocycles. The lowest BCUT2D eigenvalue weighted by Gasteiger charge is -2.46. The second-order valence-electron chi connectivity index (χ2n) is 6.29. The zero-order valence-electron chi connectivity index (χ0n) is 12.6. The van der Waals surface area contributed by atoms with E-state index >= 15 is 0 Å². The zero-order valence-corrected chi connectivity index (χ0v) is 12.6. The molecule has 2 aliphatic rings. The third kappa shape index (κ3) is 2.08. The van der Waals surface area contributed by atoms with Crippen molar-refractivity contribution in [2.24, 2.45) is 0 Å². The van der Waals surface area contributed by atoms with Crippen LogP contribution in [0.3, 0.4) is 0 Å². The van der Waals surface area contributed by atoms with E-state index in [0.29, 0.717) is 6.54 Å². The maximum absolute atomic E-state index is 13.1. The van der Waals surface area contributed by atoms with Crippen molar-refractivity contribution in [1.82, 2.24) is 4.90 Å². The van der Waals surface area contributed by atoms with E-state index in [0.717, 1.165) is 24.1 Å². The van der Waals surface area contributed by atoms with E-state index in [1.165, 1.54) is 18.4 Å². The summed E-state index contributed by atoms with van der Waals surface area (Å²) in [5.74, 6) is 0.153. The summed E-state index contributed by atoms with van der Waals surface area (Å²) < 4.78 is 0. The van der Waals surface area contributed by atoms with Crippen molar-refractivity contribution in [2.75, 3.05) is 5.32 Å². The van der Waals surface area contributed by atoms with Gasteiger partial charge in [0.1, 0.15) is 5.66 Å². The van der Waals surface area contributed by atoms with Crippen LogP contribution in [-0.2, 0) is 6.54 Å². The molecule has 2 aromatic carbocycles. The van der Waals surface area contributed by atoms with Gasteiger partial charge in [-0.15, -0.1) is 0 Å². The van der Waals surface area contributed by atoms with Gasteiger partial charge < -0.3 is 10.2 Å². The number of para-hydroxylation sites is 1. The van der Waals surface area contributed by atoms with Gasteiger partial charge in [-0.05, 0) is 43.4 Å². The lowest BCUT2D eigenvalue weighted by molar-refractivity contribution is 0.0490. The molecule has 22 heavy (non-hydrogen) atoms. The largest absolute Gasteiger partial charge is 0.362 e. The molecule has 0 atom stereocenters. The number of nitrogens with one attached hydrogen (secondary N) is 1. The van der Waals surface area contributed by atoms with Crippen LogP contribution in [0.4, 0.5) is 5.69 Å². The second kappa shape index (κ2) is 5.16. The molecule has 4 rings (SSSR count). The molecule has 1 N–H and O–H groups in total. The molecule has 1 saturated carbocycles. The molecule has 0 aromatic heterocycles. The first kappa shape index (κ1) is 13.4. The summed E-state index contributed by atoms with van der Waals surface area (Å²) in [5.41, 5.74) is 2.75. The van der Waals surface area contributed by atoms with Crippen LogP contribution in [0.15, 0.2) is 54.6 Å². The maximum Gasteiger partial charge on any atom is 0.258 e. The number of hydrogen-bond donors (Lipinski definition) is 1. The van der Waals surface area contributed by atoms with Crippen LogP contribution in [0.2, 0.25) is 0 Å². The Morgan fingerprint density at radius 2 is 1.64 bits per heavy atom. The molecule has 3 heteroatoms. The highest BCUT2D eigenvalue weighted by Gasteiger charge is 2.46. The first-order valence-corrected chi connectivity index (χ1v) is 8.02. The highest BCUT2D eigenvalue weighted by Crippen LogP contribution is 2.42. The Kier molecular flexibility index (Phi) is 3.14. The third-order valence-corrected chi connectivity index (χ3v) is 4.90. The van der Waals surface area contributed by atoms with Gasteiger partial charge in [0.15, 0.2) is 0 Å². The lowest BCUT2D eigenvalue weighted by atomic mass is 9.97. The summed E-state index contributed by atoms with van der Waals surface area (Å²) in [4.78, 5) is 15.1. The van der Waals surface area contributed by atoms with Crippen molar-refractivity contribution in [3.63, 3.8) is 0 Å². The van der Waals surface area contributed by atoms with Crippen LogP contribution in [0.5, 0.6) is 0 Å². The number of fused-ring (bicyclic) bond motifs is 1. The highest BCUT2D eigenvalue weighted by atomic mass is 16.2. The average molecular weight is 292 g/mol. The topological polar surface area (TPSA) is 32.3 Å². The quantitative estimate of drug-likeness (QED) is 0.906. The molecule has 1 amide bonds. The summed E-state index contributed by atoms with van der Waals surface area (Å²) in [7, 11) is 0. The van der Waals surface area contributed by atoms with E-state index in [1.54, 1.807) is 0 Å². The summed E-state index contributed by atoms with van der Waals surface area (Å²) in [6, 6.07) is 18.1. The van der Waals surface area contributed by atoms with E-state index in [2.05, 4.69) is 22.3 Å². The Balaban J connectivity index is 1.75. The molecule has 0 bridgehead atoms. The third-order valence-electron chi connectivity index (χ3n) is 4.90. The number of amides is 1. The molecule has 1 fully saturated rings. The fourth-order valence-corrected chi connectivity index (χ4v) is 3.78. The van der Waals surface area contributed by atoms with Crippen molar-refractivity contribution < 1.29 is 4.79 Å². The summed E-state index contributed by atoms with van der Waals surface area (Å²) in [6.07, 6.45) is 4.40. The van der Waals surface area contributed by atoms with Gasteiger partial charge in [0, 0.05) is 12.2 Å². The average Bonchev–Trinajstić information content (AvgIpc) is 3.02. The summed E-state index contributed by atoms with van der Waals surface area (Å²) >= 11 is 0. The minimum absolute atomic E-state index is 0.153. The molecule has 0 radical (unpaired) electrons. The van der Waals surface area contributed by atoms with Crippen LogP contribution in [0.1, 0.15) is 41.6 Å². The van der Waals surface area contributed by atoms with Gasteiger partial charge in [0.25, 0.3) is 5.91 Å². The van der Waals surface area contributed by atoms with E-state index in [4.69, 9.17) is 0 Å². The SMILES string of the molecule is O=C1c2ccccc2NC2(CCCC2)N1Cc1ccccc1. The smallest absolute Gasteiger partial charge is 0.258 e. The van der Waals surface area contributed by atoms with Crippen molar-refractivity contribution in [3.05, 3.63) is 65.7 Å². The van der Waals surface area contributed by atoms with Gasteiger partial charge in [-0.3, -0.25) is 4.79 Å². The molecule has 0 unspecified atom stereocenters. The first-order chi connectivity index (χ1) is 10.8. The predicted molar refractivity (Wildman–Crippen MR) is 87.6 cm³/mol. The number of anilines is 1. The zero-order chi connectivity index (χ0) is 15.0. The van der Waals surface area contributed by atoms with Gasteiger partial charge in [0.2, 0.25) is 0 Å². The molecule has 1 aliphatic carbocycles. The number of nitrogens with zero attached hydrogens (tertiary/aromatic N) is 1. The maximum atomic E-state index is 13.1. The van der Waals surface area contributed by atoms with Gasteiger partial charge in [-0.2, -0.15) is 0 Å². The highest BCUT2D eigenvalue weighted by molar-refractivity contribution is 6.02. The minimum atomic E-state index is -0.207. The van der Waals surface area contributed by atoms with Crippen LogP contribution >= 0.6 is 0 Å². The van der Waals surface area contributed by atoms with Crippen molar-refractivity contribution in [2.45, 2.75) is 37.9 Å². The fraction of sp³-hybridized carbons (Fsp3) is 0.316. The summed E-state index contributed by atoms with van der Waals surface area (Å²) in [6.45, 7) is 0.668. The Labute approximate surface area is 131 Å². The van der Waals surface area contributed by atoms with Crippen molar-refractivity contribution >= 4 is 11.6 Å². The predicted octanol–water partition coefficient (Wildman–Crippen LogP) is 4.02. The number of carbonyl (C=O) groups is 1. The van der Waals surface area contributed by atoms with E-state index in [-0.39, 0.29) is 11.6 Å². The first-order valence-electron chi connectivity index (χ1n) is 8.02. The van der Waals surface area contributed by atoms with E-state index in [9.17, 15) is 4.79 Å². The van der Waals surface area contributed by atoms with Crippen molar-refractivity contribution in [3.8, 4) is 0 Å². The van der Waals surface area contributed by atoms with Crippen LogP contribution in [-0.4, -0.2) is 16.5 Å². The fourth-order valence-electron chi connectivity index (χ4n) is 3.78. The van der Waals surface area contributed by atoms with Crippen LogP contribution in [0.25, 0.3) is 0 Å². The molecule has 3 nitrogen and oxygen atoms in total. The Hall–Kier alpha value is -2.29. The molecule has 2 aromatic rings. The molecular weight excluding hydrogens is 272 g/mol. The molecule has 1 spiro atoms. The normalized spacial score (nSPS) is 19.1. The number of carbonyl (C=O) groups excluding carboxylic acids is 1. The van der Waals surface area contributed by atoms with Crippen LogP contribution < -0.4 is 5.32 Å². The number of rotatable bonds is 2. The Morgan fingerprint density at radius 1 is 0.955 bits per heavy atom. The number of benzene rings is 2. The standard InChI is InChI=1S/C19H20N2O/c22-18-16-10-4-5-11-17(16)20-19(12-6-7-13-19)21(18)14-15-8-2-1-3-9-15/h1-5,8-11,20H,6-7,12-14H2. The second-order valence-corrected chi connectivity index (χ2v) is 6.29. The minimum Gasteiger partial charge on any atom is -0.362 e. The molecule has 1 heterocycles. The van der Waals surface area contributed by atoms with Crippen molar-refractivity contribution in [1.29, 1.82) is 0 Å². The Bertz CT molecular complexity index is 690. The molecule has 112 valence electrons. The van der Waals surface area contributed by atoms with Gasteiger partial charge in [0.05, 0.1) is 5.56 Å². The van der Waals surface area contributed by atoms with Gasteiger partial charge in [-0.1, -0.05) is 42.5 Å². The molecule has 1 aliphatic heterocycles. The Morgan fingerprint density at radius 3 is 2.41 bits per heavy atom. The van der Waals surface area contributed by atoms with Crippen LogP contribution in [0, 0.1) is 0 Å². The van der Waals surface area contributed by atoms with E-state index < -0.39 is 0 Å². The molecular formula is C19H20N2O. The monoisotopic (exact) mass is 292 g/mol. The van der Waals surface area contributed by atoms with Gasteiger partial charge in [-0.25, -0.2) is 0 Å². The summed E-state index contributed by atoms with van der Waals surface area (Å²) in [5, 5.41) is 3.68. The van der Waals surface area contributed by atoms with E-state index in [1.807, 2.05) is 42.5 Å². The lowest BCUT2D eigenvalue weighted by Crippen LogP contribution is -2.57.